The zero-order valence-corrected chi connectivity index (χ0v) is 12.8. The molecule has 2 aromatic carbocycles. The average Bonchev–Trinajstić information content (AvgIpc) is 2.43. The van der Waals surface area contributed by atoms with Crippen molar-refractivity contribution in [3.8, 4) is 0 Å². The smallest absolute Gasteiger partial charge is 0.142 e. The number of hydrogen-bond acceptors (Lipinski definition) is 1. The summed E-state index contributed by atoms with van der Waals surface area (Å²) in [7, 11) is 0. The molecule has 0 spiro atoms. The van der Waals surface area contributed by atoms with E-state index in [0.29, 0.717) is 0 Å². The summed E-state index contributed by atoms with van der Waals surface area (Å²) in [6.07, 6.45) is 0. The second-order valence-corrected chi connectivity index (χ2v) is 5.30. The molecule has 1 nitrogen and oxygen atoms in total. The van der Waals surface area contributed by atoms with E-state index in [2.05, 4.69) is 31.3 Å². The molecule has 0 bridgehead atoms. The summed E-state index contributed by atoms with van der Waals surface area (Å²) >= 11 is 6.15. The second kappa shape index (κ2) is 6.38. The molecule has 3 heteroatoms. The third-order valence-electron chi connectivity index (χ3n) is 3.66. The maximum atomic E-state index is 13.7. The Balaban J connectivity index is 2.56. The molecule has 0 aliphatic rings. The van der Waals surface area contributed by atoms with Crippen molar-refractivity contribution in [1.29, 1.82) is 0 Å². The minimum Gasteiger partial charge on any atom is -0.306 e. The molecule has 0 amide bonds. The van der Waals surface area contributed by atoms with Crippen LogP contribution in [0.15, 0.2) is 36.4 Å². The van der Waals surface area contributed by atoms with Crippen LogP contribution in [0.1, 0.15) is 35.2 Å². The topological polar surface area (TPSA) is 12.0 Å². The fourth-order valence-corrected chi connectivity index (χ4v) is 2.66. The molecule has 0 saturated heterocycles. The lowest BCUT2D eigenvalue weighted by Gasteiger charge is -2.23. The fraction of sp³-hybridized carbons (Fsp3) is 0.294. The molecular formula is C17H19ClFN. The lowest BCUT2D eigenvalue weighted by Crippen LogP contribution is -2.23. The van der Waals surface area contributed by atoms with Crippen molar-refractivity contribution in [2.24, 2.45) is 0 Å². The van der Waals surface area contributed by atoms with E-state index in [0.717, 1.165) is 17.7 Å². The molecular weight excluding hydrogens is 273 g/mol. The highest BCUT2D eigenvalue weighted by Gasteiger charge is 2.19. The maximum absolute atomic E-state index is 13.7. The van der Waals surface area contributed by atoms with E-state index < -0.39 is 0 Å². The SMILES string of the molecule is CCNC(c1cccc(C)c1C)c1cccc(F)c1Cl. The van der Waals surface area contributed by atoms with Gasteiger partial charge in [-0.25, -0.2) is 4.39 Å². The first-order valence-corrected chi connectivity index (χ1v) is 7.17. The second-order valence-electron chi connectivity index (χ2n) is 4.92. The molecule has 1 N–H and O–H groups in total. The Bertz CT molecular complexity index is 558. The summed E-state index contributed by atoms with van der Waals surface area (Å²) < 4.78 is 13.7. The number of aryl methyl sites for hydroxylation is 1. The predicted molar refractivity (Wildman–Crippen MR) is 82.8 cm³/mol. The van der Waals surface area contributed by atoms with E-state index >= 15 is 0 Å². The Hall–Kier alpha value is -1.38. The Labute approximate surface area is 124 Å². The van der Waals surface area contributed by atoms with Gasteiger partial charge in [-0.2, -0.15) is 0 Å². The molecule has 2 aromatic rings. The predicted octanol–water partition coefficient (Wildman–Crippen LogP) is 4.79. The molecule has 1 atom stereocenters. The van der Waals surface area contributed by atoms with E-state index in [-0.39, 0.29) is 16.9 Å². The van der Waals surface area contributed by atoms with Gasteiger partial charge in [0.25, 0.3) is 0 Å². The van der Waals surface area contributed by atoms with Gasteiger partial charge in [-0.3, -0.25) is 0 Å². The van der Waals surface area contributed by atoms with Crippen LogP contribution in [0.3, 0.4) is 0 Å². The lowest BCUT2D eigenvalue weighted by atomic mass is 9.92. The van der Waals surface area contributed by atoms with Crippen LogP contribution < -0.4 is 5.32 Å². The first-order valence-electron chi connectivity index (χ1n) is 6.79. The van der Waals surface area contributed by atoms with E-state index in [1.807, 2.05) is 19.1 Å². The van der Waals surface area contributed by atoms with Crippen molar-refractivity contribution < 1.29 is 4.39 Å². The van der Waals surface area contributed by atoms with E-state index in [4.69, 9.17) is 11.6 Å². The van der Waals surface area contributed by atoms with Crippen LogP contribution in [0, 0.1) is 19.7 Å². The molecule has 0 aromatic heterocycles. The fourth-order valence-electron chi connectivity index (χ4n) is 2.42. The highest BCUT2D eigenvalue weighted by atomic mass is 35.5. The highest BCUT2D eigenvalue weighted by Crippen LogP contribution is 2.32. The van der Waals surface area contributed by atoms with Crippen LogP contribution in [0.25, 0.3) is 0 Å². The largest absolute Gasteiger partial charge is 0.306 e. The van der Waals surface area contributed by atoms with Gasteiger partial charge < -0.3 is 5.32 Å². The van der Waals surface area contributed by atoms with Gasteiger partial charge in [0, 0.05) is 0 Å². The molecule has 0 aliphatic carbocycles. The van der Waals surface area contributed by atoms with Crippen LogP contribution in [-0.2, 0) is 0 Å². The maximum Gasteiger partial charge on any atom is 0.142 e. The first kappa shape index (κ1) is 15.0. The zero-order chi connectivity index (χ0) is 14.7. The van der Waals surface area contributed by atoms with Crippen LogP contribution >= 0.6 is 11.6 Å². The Morgan fingerprint density at radius 1 is 1.10 bits per heavy atom. The normalized spacial score (nSPS) is 12.4. The number of benzene rings is 2. The third-order valence-corrected chi connectivity index (χ3v) is 4.06. The van der Waals surface area contributed by atoms with E-state index in [9.17, 15) is 4.39 Å². The van der Waals surface area contributed by atoms with Crippen LogP contribution in [-0.4, -0.2) is 6.54 Å². The molecule has 0 radical (unpaired) electrons. The zero-order valence-electron chi connectivity index (χ0n) is 12.0. The molecule has 0 aliphatic heterocycles. The first-order chi connectivity index (χ1) is 9.56. The number of nitrogens with one attached hydrogen (secondary N) is 1. The van der Waals surface area contributed by atoms with Crippen LogP contribution in [0.2, 0.25) is 5.02 Å². The lowest BCUT2D eigenvalue weighted by molar-refractivity contribution is 0.602. The van der Waals surface area contributed by atoms with Crippen molar-refractivity contribution in [1.82, 2.24) is 5.32 Å². The van der Waals surface area contributed by atoms with Gasteiger partial charge >= 0.3 is 0 Å². The summed E-state index contributed by atoms with van der Waals surface area (Å²) in [5.74, 6) is -0.377. The summed E-state index contributed by atoms with van der Waals surface area (Å²) in [5, 5.41) is 3.59. The third kappa shape index (κ3) is 2.87. The average molecular weight is 292 g/mol. The van der Waals surface area contributed by atoms with Gasteiger partial charge in [-0.05, 0) is 48.7 Å². The van der Waals surface area contributed by atoms with Gasteiger partial charge in [0.2, 0.25) is 0 Å². The summed E-state index contributed by atoms with van der Waals surface area (Å²) in [5.41, 5.74) is 4.35. The van der Waals surface area contributed by atoms with Gasteiger partial charge in [-0.15, -0.1) is 0 Å². The molecule has 0 heterocycles. The van der Waals surface area contributed by atoms with Crippen molar-refractivity contribution >= 4 is 11.6 Å². The molecule has 0 saturated carbocycles. The van der Waals surface area contributed by atoms with Crippen LogP contribution in [0.5, 0.6) is 0 Å². The van der Waals surface area contributed by atoms with Crippen molar-refractivity contribution in [2.45, 2.75) is 26.8 Å². The molecule has 2 rings (SSSR count). The summed E-state index contributed by atoms with van der Waals surface area (Å²) in [4.78, 5) is 0. The number of halogens is 2. The minimum absolute atomic E-state index is 0.0944. The Morgan fingerprint density at radius 2 is 1.75 bits per heavy atom. The standard InChI is InChI=1S/C17H19ClFN/c1-4-20-17(13-8-5-7-11(2)12(13)3)14-9-6-10-15(19)16(14)18/h5-10,17,20H,4H2,1-3H3. The number of hydrogen-bond donors (Lipinski definition) is 1. The highest BCUT2D eigenvalue weighted by molar-refractivity contribution is 6.31. The monoisotopic (exact) mass is 291 g/mol. The summed E-state index contributed by atoms with van der Waals surface area (Å²) in [6, 6.07) is 11.0. The minimum atomic E-state index is -0.377. The molecule has 0 fully saturated rings. The molecule has 1 unspecified atom stereocenters. The van der Waals surface area contributed by atoms with Gasteiger partial charge in [-0.1, -0.05) is 48.9 Å². The Kier molecular flexibility index (Phi) is 4.79. The summed E-state index contributed by atoms with van der Waals surface area (Å²) in [6.45, 7) is 6.98. The van der Waals surface area contributed by atoms with Crippen molar-refractivity contribution in [3.63, 3.8) is 0 Å². The van der Waals surface area contributed by atoms with Crippen molar-refractivity contribution in [2.75, 3.05) is 6.54 Å². The number of rotatable bonds is 4. The molecule has 106 valence electrons. The van der Waals surface area contributed by atoms with Gasteiger partial charge in [0.1, 0.15) is 5.82 Å². The quantitative estimate of drug-likeness (QED) is 0.853. The van der Waals surface area contributed by atoms with E-state index in [1.165, 1.54) is 17.2 Å². The van der Waals surface area contributed by atoms with E-state index in [1.54, 1.807) is 6.07 Å². The van der Waals surface area contributed by atoms with Gasteiger partial charge in [0.15, 0.2) is 0 Å². The Morgan fingerprint density at radius 3 is 2.45 bits per heavy atom. The van der Waals surface area contributed by atoms with Crippen molar-refractivity contribution in [3.05, 3.63) is 69.5 Å². The van der Waals surface area contributed by atoms with Gasteiger partial charge in [0.05, 0.1) is 11.1 Å². The van der Waals surface area contributed by atoms with Crippen LogP contribution in [0.4, 0.5) is 4.39 Å². The molecule has 20 heavy (non-hydrogen) atoms.